The summed E-state index contributed by atoms with van der Waals surface area (Å²) >= 11 is 0. The number of urea groups is 1. The monoisotopic (exact) mass is 369 g/mol. The molecular formula is C21H24FN3O2. The number of piperidine rings is 1. The Kier molecular flexibility index (Phi) is 6.06. The van der Waals surface area contributed by atoms with Crippen molar-refractivity contribution in [1.29, 1.82) is 0 Å². The van der Waals surface area contributed by atoms with Crippen LogP contribution in [-0.2, 0) is 4.79 Å². The lowest BCUT2D eigenvalue weighted by molar-refractivity contribution is -0.126. The second-order valence-corrected chi connectivity index (χ2v) is 6.86. The molecule has 3 amide bonds. The Balaban J connectivity index is 1.56. The van der Waals surface area contributed by atoms with Crippen molar-refractivity contribution in [3.05, 3.63) is 66.0 Å². The number of nitrogens with zero attached hydrogens (tertiary/aromatic N) is 1. The van der Waals surface area contributed by atoms with Crippen LogP contribution in [0.15, 0.2) is 54.6 Å². The maximum absolute atomic E-state index is 13.0. The average molecular weight is 369 g/mol. The van der Waals surface area contributed by atoms with Gasteiger partial charge in [0.1, 0.15) is 5.82 Å². The number of nitrogens with one attached hydrogen (secondary N) is 2. The van der Waals surface area contributed by atoms with Crippen molar-refractivity contribution < 1.29 is 14.0 Å². The molecule has 142 valence electrons. The average Bonchev–Trinajstić information content (AvgIpc) is 2.69. The molecule has 3 rings (SSSR count). The van der Waals surface area contributed by atoms with E-state index in [1.807, 2.05) is 37.3 Å². The zero-order chi connectivity index (χ0) is 19.2. The van der Waals surface area contributed by atoms with Gasteiger partial charge in [0.2, 0.25) is 5.91 Å². The molecule has 1 aliphatic heterocycles. The Bertz CT molecular complexity index is 780. The van der Waals surface area contributed by atoms with Gasteiger partial charge in [-0.25, -0.2) is 9.18 Å². The van der Waals surface area contributed by atoms with E-state index < -0.39 is 0 Å². The molecule has 0 saturated carbocycles. The third-order valence-electron chi connectivity index (χ3n) is 4.83. The van der Waals surface area contributed by atoms with Crippen molar-refractivity contribution in [2.45, 2.75) is 25.8 Å². The number of likely N-dealkylation sites (tertiary alicyclic amines) is 1. The van der Waals surface area contributed by atoms with E-state index in [2.05, 4.69) is 10.6 Å². The number of halogens is 1. The molecule has 5 nitrogen and oxygen atoms in total. The molecular weight excluding hydrogens is 345 g/mol. The van der Waals surface area contributed by atoms with Gasteiger partial charge in [-0.3, -0.25) is 4.79 Å². The minimum absolute atomic E-state index is 0.0796. The first kappa shape index (κ1) is 18.9. The van der Waals surface area contributed by atoms with Crippen molar-refractivity contribution in [3.63, 3.8) is 0 Å². The lowest BCUT2D eigenvalue weighted by atomic mass is 9.96. The number of carbonyl (C=O) groups is 2. The molecule has 1 fully saturated rings. The zero-order valence-electron chi connectivity index (χ0n) is 15.3. The summed E-state index contributed by atoms with van der Waals surface area (Å²) in [5, 5.41) is 5.84. The van der Waals surface area contributed by atoms with Gasteiger partial charge in [-0.15, -0.1) is 0 Å². The second-order valence-electron chi connectivity index (χ2n) is 6.86. The van der Waals surface area contributed by atoms with Gasteiger partial charge in [0.05, 0.1) is 12.0 Å². The quantitative estimate of drug-likeness (QED) is 0.857. The maximum Gasteiger partial charge on any atom is 0.321 e. The maximum atomic E-state index is 13.0. The fourth-order valence-corrected chi connectivity index (χ4v) is 3.27. The lowest BCUT2D eigenvalue weighted by Crippen LogP contribution is -2.47. The molecule has 0 aliphatic carbocycles. The van der Waals surface area contributed by atoms with Gasteiger partial charge < -0.3 is 15.5 Å². The fourth-order valence-electron chi connectivity index (χ4n) is 3.27. The smallest absolute Gasteiger partial charge is 0.321 e. The van der Waals surface area contributed by atoms with Gasteiger partial charge in [0.15, 0.2) is 0 Å². The summed E-state index contributed by atoms with van der Waals surface area (Å²) in [6.07, 6.45) is 1.53. The highest BCUT2D eigenvalue weighted by molar-refractivity contribution is 5.90. The first-order valence-electron chi connectivity index (χ1n) is 9.20. The van der Waals surface area contributed by atoms with E-state index in [-0.39, 0.29) is 29.7 Å². The SMILES string of the molecule is C[C@@H](NC(=O)[C@H]1CCCN(C(=O)Nc2ccccc2)C1)c1ccc(F)cc1. The van der Waals surface area contributed by atoms with Crippen LogP contribution in [0.25, 0.3) is 0 Å². The van der Waals surface area contributed by atoms with Crippen LogP contribution < -0.4 is 10.6 Å². The van der Waals surface area contributed by atoms with Gasteiger partial charge >= 0.3 is 6.03 Å². The van der Waals surface area contributed by atoms with E-state index >= 15 is 0 Å². The molecule has 1 aliphatic rings. The summed E-state index contributed by atoms with van der Waals surface area (Å²) in [6, 6.07) is 15.0. The van der Waals surface area contributed by atoms with E-state index in [0.29, 0.717) is 13.1 Å². The first-order chi connectivity index (χ1) is 13.0. The summed E-state index contributed by atoms with van der Waals surface area (Å²) < 4.78 is 13.0. The topological polar surface area (TPSA) is 61.4 Å². The number of carbonyl (C=O) groups excluding carboxylic acids is 2. The summed E-state index contributed by atoms with van der Waals surface area (Å²) in [7, 11) is 0. The van der Waals surface area contributed by atoms with E-state index in [9.17, 15) is 14.0 Å². The molecule has 27 heavy (non-hydrogen) atoms. The molecule has 0 radical (unpaired) electrons. The van der Waals surface area contributed by atoms with E-state index in [1.165, 1.54) is 12.1 Å². The molecule has 2 aromatic carbocycles. The molecule has 1 saturated heterocycles. The van der Waals surface area contributed by atoms with Crippen molar-refractivity contribution in [1.82, 2.24) is 10.2 Å². The number of rotatable bonds is 4. The minimum Gasteiger partial charge on any atom is -0.349 e. The number of hydrogen-bond acceptors (Lipinski definition) is 2. The molecule has 0 unspecified atom stereocenters. The summed E-state index contributed by atoms with van der Waals surface area (Å²) in [4.78, 5) is 26.8. The third kappa shape index (κ3) is 5.06. The van der Waals surface area contributed by atoms with Gasteiger partial charge in [-0.05, 0) is 49.6 Å². The predicted octanol–water partition coefficient (Wildman–Crippen LogP) is 3.95. The number of anilines is 1. The van der Waals surface area contributed by atoms with Crippen LogP contribution in [0.3, 0.4) is 0 Å². The van der Waals surface area contributed by atoms with Crippen molar-refractivity contribution in [2.75, 3.05) is 18.4 Å². The van der Waals surface area contributed by atoms with Crippen LogP contribution in [0.5, 0.6) is 0 Å². The number of benzene rings is 2. The van der Waals surface area contributed by atoms with Gasteiger partial charge in [-0.1, -0.05) is 30.3 Å². The minimum atomic E-state index is -0.301. The van der Waals surface area contributed by atoms with Crippen molar-refractivity contribution in [3.8, 4) is 0 Å². The first-order valence-corrected chi connectivity index (χ1v) is 9.20. The molecule has 0 bridgehead atoms. The van der Waals surface area contributed by atoms with Crippen LogP contribution in [0.2, 0.25) is 0 Å². The summed E-state index contributed by atoms with van der Waals surface area (Å²) in [5.41, 5.74) is 1.58. The van der Waals surface area contributed by atoms with E-state index in [0.717, 1.165) is 24.1 Å². The Morgan fingerprint density at radius 2 is 1.81 bits per heavy atom. The predicted molar refractivity (Wildman–Crippen MR) is 103 cm³/mol. The van der Waals surface area contributed by atoms with Crippen LogP contribution >= 0.6 is 0 Å². The Morgan fingerprint density at radius 3 is 2.52 bits per heavy atom. The van der Waals surface area contributed by atoms with Crippen LogP contribution in [-0.4, -0.2) is 29.9 Å². The third-order valence-corrected chi connectivity index (χ3v) is 4.83. The number of amides is 3. The Morgan fingerprint density at radius 1 is 1.11 bits per heavy atom. The van der Waals surface area contributed by atoms with Crippen molar-refractivity contribution in [2.24, 2.45) is 5.92 Å². The summed E-state index contributed by atoms with van der Waals surface area (Å²) in [5.74, 6) is -0.628. The highest BCUT2D eigenvalue weighted by atomic mass is 19.1. The van der Waals surface area contributed by atoms with Crippen molar-refractivity contribution >= 4 is 17.6 Å². The number of hydrogen-bond donors (Lipinski definition) is 2. The van der Waals surface area contributed by atoms with Crippen LogP contribution in [0, 0.1) is 11.7 Å². The fraction of sp³-hybridized carbons (Fsp3) is 0.333. The molecule has 0 spiro atoms. The molecule has 2 aromatic rings. The molecule has 2 N–H and O–H groups in total. The Labute approximate surface area is 158 Å². The van der Waals surface area contributed by atoms with Gasteiger partial charge in [-0.2, -0.15) is 0 Å². The largest absolute Gasteiger partial charge is 0.349 e. The van der Waals surface area contributed by atoms with Gasteiger partial charge in [0.25, 0.3) is 0 Å². The highest BCUT2D eigenvalue weighted by Crippen LogP contribution is 2.20. The number of para-hydroxylation sites is 1. The molecule has 0 aromatic heterocycles. The summed E-state index contributed by atoms with van der Waals surface area (Å²) in [6.45, 7) is 2.89. The van der Waals surface area contributed by atoms with Crippen LogP contribution in [0.4, 0.5) is 14.9 Å². The van der Waals surface area contributed by atoms with Gasteiger partial charge in [0, 0.05) is 18.8 Å². The normalized spacial score (nSPS) is 17.9. The van der Waals surface area contributed by atoms with E-state index in [1.54, 1.807) is 17.0 Å². The zero-order valence-corrected chi connectivity index (χ0v) is 15.3. The Hall–Kier alpha value is -2.89. The molecule has 2 atom stereocenters. The van der Waals surface area contributed by atoms with E-state index in [4.69, 9.17) is 0 Å². The van der Waals surface area contributed by atoms with Crippen LogP contribution in [0.1, 0.15) is 31.4 Å². The molecule has 6 heteroatoms. The highest BCUT2D eigenvalue weighted by Gasteiger charge is 2.29. The second kappa shape index (κ2) is 8.66. The standard InChI is InChI=1S/C21H24FN3O2/c1-15(16-9-11-18(22)12-10-16)23-20(26)17-6-5-13-25(14-17)21(27)24-19-7-3-2-4-8-19/h2-4,7-12,15,17H,5-6,13-14H2,1H3,(H,23,26)(H,24,27)/t15-,17+/m1/s1. The molecule has 1 heterocycles. The lowest BCUT2D eigenvalue weighted by Gasteiger charge is -2.32.